The van der Waals surface area contributed by atoms with E-state index in [1.807, 2.05) is 0 Å². The fourth-order valence-corrected chi connectivity index (χ4v) is 2.58. The Morgan fingerprint density at radius 2 is 1.87 bits per heavy atom. The molecule has 0 spiro atoms. The maximum absolute atomic E-state index is 12.4. The van der Waals surface area contributed by atoms with Crippen molar-refractivity contribution in [3.63, 3.8) is 0 Å². The SMILES string of the molecule is O=C(c1ccccc1)n1c(=O)c(I)cn(CC[C@H](O)CO)c1=O. The number of carbonyl (C=O) groups is 1. The number of benzene rings is 1. The van der Waals surface area contributed by atoms with Crippen molar-refractivity contribution in [2.24, 2.45) is 0 Å². The van der Waals surface area contributed by atoms with Crippen LogP contribution in [-0.2, 0) is 6.54 Å². The third-order valence-corrected chi connectivity index (χ3v) is 3.99. The van der Waals surface area contributed by atoms with Crippen LogP contribution in [0.3, 0.4) is 0 Å². The quantitative estimate of drug-likeness (QED) is 0.653. The molecule has 1 atom stereocenters. The maximum atomic E-state index is 12.4. The van der Waals surface area contributed by atoms with Gasteiger partial charge in [0.15, 0.2) is 0 Å². The molecule has 0 radical (unpaired) electrons. The zero-order valence-electron chi connectivity index (χ0n) is 12.1. The van der Waals surface area contributed by atoms with Crippen molar-refractivity contribution in [2.75, 3.05) is 6.61 Å². The molecule has 8 heteroatoms. The summed E-state index contributed by atoms with van der Waals surface area (Å²) in [5.41, 5.74) is -1.21. The van der Waals surface area contributed by atoms with E-state index in [9.17, 15) is 19.5 Å². The van der Waals surface area contributed by atoms with Gasteiger partial charge in [0.25, 0.3) is 11.5 Å². The number of halogens is 1. The molecule has 0 aliphatic rings. The molecular weight excluding hydrogens is 415 g/mol. The van der Waals surface area contributed by atoms with E-state index in [1.165, 1.54) is 22.9 Å². The van der Waals surface area contributed by atoms with Crippen LogP contribution < -0.4 is 11.2 Å². The lowest BCUT2D eigenvalue weighted by Crippen LogP contribution is -2.45. The summed E-state index contributed by atoms with van der Waals surface area (Å²) < 4.78 is 1.98. The van der Waals surface area contributed by atoms with Crippen molar-refractivity contribution in [1.29, 1.82) is 0 Å². The third-order valence-electron chi connectivity index (χ3n) is 3.25. The Morgan fingerprint density at radius 3 is 2.48 bits per heavy atom. The van der Waals surface area contributed by atoms with Gasteiger partial charge in [0, 0.05) is 18.3 Å². The van der Waals surface area contributed by atoms with Crippen molar-refractivity contribution < 1.29 is 15.0 Å². The summed E-state index contributed by atoms with van der Waals surface area (Å²) in [5.74, 6) is -0.699. The molecule has 0 amide bonds. The number of rotatable bonds is 5. The van der Waals surface area contributed by atoms with E-state index in [-0.39, 0.29) is 22.1 Å². The molecule has 7 nitrogen and oxygen atoms in total. The molecule has 1 heterocycles. The van der Waals surface area contributed by atoms with E-state index in [1.54, 1.807) is 40.8 Å². The normalized spacial score (nSPS) is 12.1. The second kappa shape index (κ2) is 7.66. The fraction of sp³-hybridized carbons (Fsp3) is 0.267. The third kappa shape index (κ3) is 3.95. The van der Waals surface area contributed by atoms with Gasteiger partial charge in [-0.25, -0.2) is 4.79 Å². The molecule has 23 heavy (non-hydrogen) atoms. The Labute approximate surface area is 145 Å². The average Bonchev–Trinajstić information content (AvgIpc) is 2.57. The van der Waals surface area contributed by atoms with Crippen LogP contribution in [0.4, 0.5) is 0 Å². The summed E-state index contributed by atoms with van der Waals surface area (Å²) in [4.78, 5) is 37.0. The molecule has 2 aromatic rings. The van der Waals surface area contributed by atoms with Gasteiger partial charge in [0.2, 0.25) is 0 Å². The molecule has 0 aliphatic carbocycles. The standard InChI is InChI=1S/C15H15IN2O5/c16-12-8-17(7-6-11(20)9-19)15(23)18(14(12)22)13(21)10-4-2-1-3-5-10/h1-5,8,11,19-20H,6-7,9H2/t11-/m0/s1. The number of aromatic nitrogens is 2. The van der Waals surface area contributed by atoms with Crippen LogP contribution in [0, 0.1) is 3.57 Å². The van der Waals surface area contributed by atoms with Crippen LogP contribution in [0.25, 0.3) is 0 Å². The Kier molecular flexibility index (Phi) is 5.85. The summed E-state index contributed by atoms with van der Waals surface area (Å²) >= 11 is 1.75. The lowest BCUT2D eigenvalue weighted by molar-refractivity contribution is 0.0838. The highest BCUT2D eigenvalue weighted by atomic mass is 127. The average molecular weight is 430 g/mol. The van der Waals surface area contributed by atoms with Crippen molar-refractivity contribution in [1.82, 2.24) is 9.13 Å². The summed E-state index contributed by atoms with van der Waals surface area (Å²) in [6.07, 6.45) is 0.499. The van der Waals surface area contributed by atoms with Gasteiger partial charge in [-0.15, -0.1) is 0 Å². The minimum atomic E-state index is -0.968. The minimum absolute atomic E-state index is 0.0823. The Hall–Kier alpha value is -1.78. The first-order valence-corrected chi connectivity index (χ1v) is 7.94. The lowest BCUT2D eigenvalue weighted by Gasteiger charge is -2.12. The molecule has 1 aromatic heterocycles. The number of aliphatic hydroxyl groups excluding tert-OH is 2. The Balaban J connectivity index is 2.47. The first-order chi connectivity index (χ1) is 11.0. The molecule has 122 valence electrons. The van der Waals surface area contributed by atoms with E-state index < -0.39 is 29.9 Å². The zero-order valence-corrected chi connectivity index (χ0v) is 14.2. The first kappa shape index (κ1) is 17.6. The fourth-order valence-electron chi connectivity index (χ4n) is 2.00. The van der Waals surface area contributed by atoms with Crippen LogP contribution in [0.15, 0.2) is 46.1 Å². The largest absolute Gasteiger partial charge is 0.394 e. The lowest BCUT2D eigenvalue weighted by atomic mass is 10.2. The van der Waals surface area contributed by atoms with E-state index in [2.05, 4.69) is 0 Å². The van der Waals surface area contributed by atoms with Gasteiger partial charge in [0.05, 0.1) is 16.3 Å². The molecule has 0 fully saturated rings. The molecule has 0 bridgehead atoms. The molecule has 2 N–H and O–H groups in total. The van der Waals surface area contributed by atoms with Crippen LogP contribution in [0.5, 0.6) is 0 Å². The predicted octanol–water partition coefficient (Wildman–Crippen LogP) is 0.0464. The molecule has 0 unspecified atom stereocenters. The number of aliphatic hydroxyl groups is 2. The molecule has 0 aliphatic heterocycles. The summed E-state index contributed by atoms with van der Waals surface area (Å²) in [6.45, 7) is -0.340. The first-order valence-electron chi connectivity index (χ1n) is 6.86. The molecule has 1 aromatic carbocycles. The van der Waals surface area contributed by atoms with Crippen LogP contribution >= 0.6 is 22.6 Å². The van der Waals surface area contributed by atoms with Gasteiger partial charge in [-0.05, 0) is 41.1 Å². The van der Waals surface area contributed by atoms with Crippen molar-refractivity contribution in [3.05, 3.63) is 66.5 Å². The summed E-state index contributed by atoms with van der Waals surface area (Å²) in [5, 5.41) is 18.2. The van der Waals surface area contributed by atoms with Gasteiger partial charge in [0.1, 0.15) is 0 Å². The smallest absolute Gasteiger partial charge is 0.338 e. The number of aryl methyl sites for hydroxylation is 1. The van der Waals surface area contributed by atoms with E-state index >= 15 is 0 Å². The van der Waals surface area contributed by atoms with Gasteiger partial charge >= 0.3 is 5.69 Å². The highest BCUT2D eigenvalue weighted by Gasteiger charge is 2.18. The maximum Gasteiger partial charge on any atom is 0.338 e. The summed E-state index contributed by atoms with van der Waals surface area (Å²) in [6, 6.07) is 8.05. The Morgan fingerprint density at radius 1 is 1.22 bits per heavy atom. The Bertz CT molecular complexity index is 813. The van der Waals surface area contributed by atoms with Crippen molar-refractivity contribution in [3.8, 4) is 0 Å². The van der Waals surface area contributed by atoms with Crippen LogP contribution in [-0.4, -0.2) is 38.0 Å². The number of hydrogen-bond donors (Lipinski definition) is 2. The highest BCUT2D eigenvalue weighted by molar-refractivity contribution is 14.1. The highest BCUT2D eigenvalue weighted by Crippen LogP contribution is 2.02. The predicted molar refractivity (Wildman–Crippen MR) is 91.6 cm³/mol. The second-order valence-corrected chi connectivity index (χ2v) is 6.05. The minimum Gasteiger partial charge on any atom is -0.394 e. The molecular formula is C15H15IN2O5. The number of nitrogens with zero attached hydrogens (tertiary/aromatic N) is 2. The summed E-state index contributed by atoms with van der Waals surface area (Å²) in [7, 11) is 0. The number of carbonyl (C=O) groups excluding carboxylic acids is 1. The van der Waals surface area contributed by atoms with Gasteiger partial charge in [-0.3, -0.25) is 14.2 Å². The van der Waals surface area contributed by atoms with Gasteiger partial charge in [-0.1, -0.05) is 18.2 Å². The van der Waals surface area contributed by atoms with Crippen LogP contribution in [0.2, 0.25) is 0 Å². The van der Waals surface area contributed by atoms with E-state index in [0.717, 1.165) is 0 Å². The second-order valence-electron chi connectivity index (χ2n) is 4.89. The van der Waals surface area contributed by atoms with Crippen molar-refractivity contribution >= 4 is 28.5 Å². The van der Waals surface area contributed by atoms with E-state index in [4.69, 9.17) is 5.11 Å². The molecule has 2 rings (SSSR count). The van der Waals surface area contributed by atoms with Gasteiger partial charge in [-0.2, -0.15) is 4.57 Å². The van der Waals surface area contributed by atoms with Gasteiger partial charge < -0.3 is 10.2 Å². The zero-order chi connectivity index (χ0) is 17.0. The van der Waals surface area contributed by atoms with Crippen LogP contribution in [0.1, 0.15) is 16.8 Å². The topological polar surface area (TPSA) is 102 Å². The molecule has 0 saturated heterocycles. The monoisotopic (exact) mass is 430 g/mol. The van der Waals surface area contributed by atoms with Crippen molar-refractivity contribution in [2.45, 2.75) is 19.1 Å². The number of hydrogen-bond acceptors (Lipinski definition) is 5. The van der Waals surface area contributed by atoms with E-state index in [0.29, 0.717) is 4.57 Å². The molecule has 0 saturated carbocycles.